The molecule has 3 aromatic rings. The second kappa shape index (κ2) is 15.4. The Hall–Kier alpha value is -5.71. The van der Waals surface area contributed by atoms with E-state index in [-0.39, 0.29) is 55.1 Å². The number of benzene rings is 3. The summed E-state index contributed by atoms with van der Waals surface area (Å²) in [5, 5.41) is 53.6. The monoisotopic (exact) mass is 821 g/mol. The van der Waals surface area contributed by atoms with Crippen LogP contribution in [0.15, 0.2) is 47.4 Å². The number of carbonyl (C=O) groups is 5. The number of hydrogen-bond donors (Lipinski definition) is 7. The summed E-state index contributed by atoms with van der Waals surface area (Å²) < 4.78 is 61.5. The van der Waals surface area contributed by atoms with E-state index in [2.05, 4.69) is 10.6 Å². The number of nitrogens with zero attached hydrogens (tertiary/aromatic N) is 3. The normalized spacial score (nSPS) is 18.6. The number of sulfonamides is 1. The lowest BCUT2D eigenvalue weighted by molar-refractivity contribution is -0.156. The van der Waals surface area contributed by atoms with Crippen LogP contribution in [0.4, 0.5) is 13.6 Å². The van der Waals surface area contributed by atoms with E-state index in [4.69, 9.17) is 16.3 Å². The molecule has 0 aliphatic carbocycles. The van der Waals surface area contributed by atoms with Crippen LogP contribution in [0, 0.1) is 11.6 Å². The average molecular weight is 822 g/mol. The third kappa shape index (κ3) is 7.47. The number of hydrogen-bond acceptors (Lipinski definition) is 12. The smallest absolute Gasteiger partial charge is 0.534 e. The van der Waals surface area contributed by atoms with Crippen LogP contribution < -0.4 is 15.3 Å². The number of phenolic OH excluding ortho intramolecular Hbond substituents is 3. The van der Waals surface area contributed by atoms with Crippen LogP contribution in [-0.2, 0) is 30.8 Å². The summed E-state index contributed by atoms with van der Waals surface area (Å²) in [6.07, 6.45) is -0.0800. The lowest BCUT2D eigenvalue weighted by atomic mass is 9.72. The Morgan fingerprint density at radius 1 is 0.946 bits per heavy atom. The van der Waals surface area contributed by atoms with Crippen molar-refractivity contribution in [1.82, 2.24) is 24.7 Å². The van der Waals surface area contributed by atoms with E-state index in [0.29, 0.717) is 11.0 Å². The Bertz CT molecular complexity index is 2260. The highest BCUT2D eigenvalue weighted by molar-refractivity contribution is 7.89. The van der Waals surface area contributed by atoms with Crippen molar-refractivity contribution < 1.29 is 71.3 Å². The van der Waals surface area contributed by atoms with Crippen LogP contribution in [0.3, 0.4) is 0 Å². The van der Waals surface area contributed by atoms with E-state index in [1.807, 2.05) is 0 Å². The molecule has 0 radical (unpaired) electrons. The fraction of sp³-hybridized carbons (Fsp3) is 0.303. The van der Waals surface area contributed by atoms with Crippen LogP contribution in [0.2, 0.25) is 5.02 Å². The van der Waals surface area contributed by atoms with Crippen molar-refractivity contribution in [3.8, 4) is 23.0 Å². The molecule has 3 aliphatic heterocycles. The van der Waals surface area contributed by atoms with E-state index in [1.54, 1.807) is 0 Å². The van der Waals surface area contributed by atoms with Gasteiger partial charge in [0.1, 0.15) is 28.9 Å². The molecule has 3 aliphatic rings. The maximum atomic E-state index is 14.7. The zero-order valence-electron chi connectivity index (χ0n) is 28.7. The molecule has 23 heteroatoms. The van der Waals surface area contributed by atoms with Gasteiger partial charge in [0.05, 0.1) is 15.9 Å². The number of rotatable bonds is 8. The molecule has 3 heterocycles. The van der Waals surface area contributed by atoms with E-state index in [0.717, 1.165) is 18.2 Å². The first-order valence-corrected chi connectivity index (χ1v) is 18.5. The highest BCUT2D eigenvalue weighted by atomic mass is 35.5. The molecule has 2 saturated heterocycles. The number of nitrogens with one attached hydrogen (secondary N) is 2. The van der Waals surface area contributed by atoms with Crippen molar-refractivity contribution >= 4 is 58.5 Å². The van der Waals surface area contributed by atoms with E-state index >= 15 is 0 Å². The van der Waals surface area contributed by atoms with Crippen molar-refractivity contribution in [3.05, 3.63) is 75.8 Å². The number of piperazine rings is 1. The SMILES string of the molecule is O=C(O)c1c(F)ccc2c1OB(O)[C@@H](NC(=O)C(NC(=O)N1CCN(C3CCN(S(=O)(=O)c4cccc(O)c4)CC3)C(=O)C1=O)c1cc(F)c(O)c(O)c1Cl)C2. The van der Waals surface area contributed by atoms with Crippen LogP contribution in [0.5, 0.6) is 23.0 Å². The molecule has 2 atom stereocenters. The zero-order chi connectivity index (χ0) is 40.8. The van der Waals surface area contributed by atoms with Gasteiger partial charge in [0, 0.05) is 37.8 Å². The number of imide groups is 1. The maximum Gasteiger partial charge on any atom is 0.547 e. The van der Waals surface area contributed by atoms with E-state index in [1.165, 1.54) is 27.4 Å². The highest BCUT2D eigenvalue weighted by Gasteiger charge is 2.44. The molecule has 2 fully saturated rings. The first-order valence-electron chi connectivity index (χ1n) is 16.7. The number of phenols is 3. The van der Waals surface area contributed by atoms with Crippen LogP contribution in [0.25, 0.3) is 0 Å². The molecular weight excluding hydrogens is 791 g/mol. The number of urea groups is 1. The van der Waals surface area contributed by atoms with Gasteiger partial charge < -0.3 is 45.6 Å². The lowest BCUT2D eigenvalue weighted by Crippen LogP contribution is -2.62. The van der Waals surface area contributed by atoms with Gasteiger partial charge in [-0.2, -0.15) is 4.31 Å². The number of aromatic carboxylic acids is 1. The van der Waals surface area contributed by atoms with Crippen LogP contribution in [-0.4, -0.2) is 123 Å². The number of halogens is 3. The minimum Gasteiger partial charge on any atom is -0.534 e. The van der Waals surface area contributed by atoms with Crippen molar-refractivity contribution in [2.45, 2.75) is 42.2 Å². The Morgan fingerprint density at radius 2 is 1.64 bits per heavy atom. The summed E-state index contributed by atoms with van der Waals surface area (Å²) in [6.45, 7) is -0.660. The number of fused-ring (bicyclic) bond motifs is 1. The van der Waals surface area contributed by atoms with Crippen molar-refractivity contribution in [2.75, 3.05) is 26.2 Å². The summed E-state index contributed by atoms with van der Waals surface area (Å²) in [6, 6.07) is 3.57. The number of carbonyl (C=O) groups excluding carboxylic acids is 4. The van der Waals surface area contributed by atoms with Crippen LogP contribution >= 0.6 is 11.6 Å². The van der Waals surface area contributed by atoms with Gasteiger partial charge in [-0.3, -0.25) is 19.3 Å². The Labute approximate surface area is 321 Å². The molecule has 0 bridgehead atoms. The molecular formula is C33H31BClF2N5O13S. The predicted octanol–water partition coefficient (Wildman–Crippen LogP) is 0.848. The number of amides is 5. The Kier molecular flexibility index (Phi) is 11.0. The number of piperidine rings is 1. The molecule has 56 heavy (non-hydrogen) atoms. The number of carboxylic acid groups (broad SMARTS) is 1. The fourth-order valence-corrected chi connectivity index (χ4v) is 8.49. The van der Waals surface area contributed by atoms with Gasteiger partial charge in [0.2, 0.25) is 15.9 Å². The largest absolute Gasteiger partial charge is 0.547 e. The average Bonchev–Trinajstić information content (AvgIpc) is 3.15. The number of aromatic hydroxyl groups is 3. The van der Waals surface area contributed by atoms with E-state index < -0.39 is 116 Å². The lowest BCUT2D eigenvalue weighted by Gasteiger charge is -2.41. The van der Waals surface area contributed by atoms with Crippen molar-refractivity contribution in [2.24, 2.45) is 0 Å². The van der Waals surface area contributed by atoms with Gasteiger partial charge in [0.15, 0.2) is 17.3 Å². The number of carboxylic acids is 1. The third-order valence-electron chi connectivity index (χ3n) is 9.61. The molecule has 0 spiro atoms. The molecule has 7 N–H and O–H groups in total. The first kappa shape index (κ1) is 40.0. The second-order valence-corrected chi connectivity index (χ2v) is 15.3. The second-order valence-electron chi connectivity index (χ2n) is 13.0. The molecule has 3 aromatic carbocycles. The highest BCUT2D eigenvalue weighted by Crippen LogP contribution is 2.41. The van der Waals surface area contributed by atoms with Gasteiger partial charge in [-0.1, -0.05) is 23.7 Å². The molecule has 0 saturated carbocycles. The van der Waals surface area contributed by atoms with Gasteiger partial charge in [0.25, 0.3) is 0 Å². The topological polar surface area (TPSA) is 264 Å². The molecule has 0 aromatic heterocycles. The standard InChI is InChI=1S/C33H31BClF2N5O13S/c35-24-19(14-21(37)26(44)27(24)45)25(29(46)38-22-12-15-4-5-20(36)23(32(49)50)28(15)55-34(22)52)39-33(51)42-11-10-41(30(47)31(42)48)16-6-8-40(9-7-16)56(53,54)18-3-1-2-17(43)13-18/h1-5,13-14,16,22,25,43-45,52H,6-12H2,(H,38,46)(H,39,51)(H,49,50)/t22-,25?/m0/s1. The maximum absolute atomic E-state index is 14.7. The summed E-state index contributed by atoms with van der Waals surface area (Å²) >= 11 is 6.15. The Balaban J connectivity index is 1.17. The minimum absolute atomic E-state index is 0.0255. The summed E-state index contributed by atoms with van der Waals surface area (Å²) in [5.41, 5.74) is -1.46. The molecule has 18 nitrogen and oxygen atoms in total. The summed E-state index contributed by atoms with van der Waals surface area (Å²) in [7, 11) is -5.97. The van der Waals surface area contributed by atoms with Gasteiger partial charge in [-0.05, 0) is 55.2 Å². The summed E-state index contributed by atoms with van der Waals surface area (Å²) in [5.74, 6) is -12.7. The molecule has 6 rings (SSSR count). The van der Waals surface area contributed by atoms with Gasteiger partial charge >= 0.3 is 30.9 Å². The van der Waals surface area contributed by atoms with E-state index in [9.17, 15) is 66.6 Å². The van der Waals surface area contributed by atoms with Crippen molar-refractivity contribution in [3.63, 3.8) is 0 Å². The fourth-order valence-electron chi connectivity index (χ4n) is 6.72. The Morgan fingerprint density at radius 3 is 2.30 bits per heavy atom. The predicted molar refractivity (Wildman–Crippen MR) is 187 cm³/mol. The van der Waals surface area contributed by atoms with Crippen molar-refractivity contribution in [1.29, 1.82) is 0 Å². The van der Waals surface area contributed by atoms with Gasteiger partial charge in [-0.25, -0.2) is 26.8 Å². The summed E-state index contributed by atoms with van der Waals surface area (Å²) in [4.78, 5) is 67.1. The third-order valence-corrected chi connectivity index (χ3v) is 11.9. The molecule has 5 amide bonds. The zero-order valence-corrected chi connectivity index (χ0v) is 30.3. The van der Waals surface area contributed by atoms with Crippen LogP contribution in [0.1, 0.15) is 40.4 Å². The minimum atomic E-state index is -3.98. The quantitative estimate of drug-likeness (QED) is 0.0946. The molecule has 296 valence electrons. The first-order chi connectivity index (χ1) is 26.4. The van der Waals surface area contributed by atoms with Gasteiger partial charge in [-0.15, -0.1) is 0 Å². The molecule has 1 unspecified atom stereocenters.